The summed E-state index contributed by atoms with van der Waals surface area (Å²) in [7, 11) is 0. The van der Waals surface area contributed by atoms with Crippen molar-refractivity contribution in [3.8, 4) is 0 Å². The Morgan fingerprint density at radius 1 is 1.33 bits per heavy atom. The maximum Gasteiger partial charge on any atom is 0.125 e. The molecular weight excluding hydrogens is 186 g/mol. The summed E-state index contributed by atoms with van der Waals surface area (Å²) in [6.45, 7) is 5.16. The van der Waals surface area contributed by atoms with Gasteiger partial charge in [-0.3, -0.25) is 0 Å². The van der Waals surface area contributed by atoms with Crippen LogP contribution in [0.3, 0.4) is 0 Å². The van der Waals surface area contributed by atoms with E-state index in [0.29, 0.717) is 6.04 Å². The van der Waals surface area contributed by atoms with Gasteiger partial charge < -0.3 is 5.32 Å². The van der Waals surface area contributed by atoms with Crippen molar-refractivity contribution in [2.24, 2.45) is 0 Å². The van der Waals surface area contributed by atoms with E-state index < -0.39 is 0 Å². The molecule has 0 aliphatic carbocycles. The predicted molar refractivity (Wildman–Crippen MR) is 60.9 cm³/mol. The maximum atomic E-state index is 4.48. The van der Waals surface area contributed by atoms with Crippen molar-refractivity contribution in [2.75, 3.05) is 6.54 Å². The van der Waals surface area contributed by atoms with Gasteiger partial charge in [-0.1, -0.05) is 6.42 Å². The summed E-state index contributed by atoms with van der Waals surface area (Å²) < 4.78 is 0. The smallest absolute Gasteiger partial charge is 0.125 e. The van der Waals surface area contributed by atoms with Crippen LogP contribution >= 0.6 is 0 Å². The van der Waals surface area contributed by atoms with E-state index in [2.05, 4.69) is 21.4 Å². The average molecular weight is 205 g/mol. The van der Waals surface area contributed by atoms with Crippen molar-refractivity contribution < 1.29 is 0 Å². The third-order valence-corrected chi connectivity index (χ3v) is 2.89. The SMILES string of the molecule is Cc1cc(CC2CCCCN2)nc(C)n1. The van der Waals surface area contributed by atoms with E-state index in [-0.39, 0.29) is 0 Å². The fraction of sp³-hybridized carbons (Fsp3) is 0.667. The molecule has 1 aliphatic rings. The van der Waals surface area contributed by atoms with Crippen LogP contribution in [0.1, 0.15) is 36.5 Å². The van der Waals surface area contributed by atoms with E-state index in [1.54, 1.807) is 0 Å². The summed E-state index contributed by atoms with van der Waals surface area (Å²) in [4.78, 5) is 8.77. The zero-order valence-corrected chi connectivity index (χ0v) is 9.58. The second-order valence-electron chi connectivity index (χ2n) is 4.40. The molecule has 15 heavy (non-hydrogen) atoms. The van der Waals surface area contributed by atoms with Gasteiger partial charge in [0.2, 0.25) is 0 Å². The number of hydrogen-bond acceptors (Lipinski definition) is 3. The topological polar surface area (TPSA) is 37.8 Å². The standard InChI is InChI=1S/C12H19N3/c1-9-7-12(15-10(2)14-9)8-11-5-3-4-6-13-11/h7,11,13H,3-6,8H2,1-2H3. The number of nitrogens with one attached hydrogen (secondary N) is 1. The molecule has 2 rings (SSSR count). The number of aromatic nitrogens is 2. The van der Waals surface area contributed by atoms with E-state index >= 15 is 0 Å². The molecular formula is C12H19N3. The van der Waals surface area contributed by atoms with Crippen LogP contribution in [0.5, 0.6) is 0 Å². The highest BCUT2D eigenvalue weighted by Crippen LogP contribution is 2.12. The van der Waals surface area contributed by atoms with Crippen LogP contribution < -0.4 is 5.32 Å². The van der Waals surface area contributed by atoms with Crippen molar-refractivity contribution in [3.05, 3.63) is 23.3 Å². The first-order valence-electron chi connectivity index (χ1n) is 5.78. The normalized spacial score (nSPS) is 21.6. The molecule has 1 aromatic heterocycles. The molecule has 1 aliphatic heterocycles. The van der Waals surface area contributed by atoms with Gasteiger partial charge >= 0.3 is 0 Å². The van der Waals surface area contributed by atoms with E-state index in [9.17, 15) is 0 Å². The highest BCUT2D eigenvalue weighted by Gasteiger charge is 2.13. The third kappa shape index (κ3) is 2.99. The number of piperidine rings is 1. The fourth-order valence-electron chi connectivity index (χ4n) is 2.25. The first-order valence-corrected chi connectivity index (χ1v) is 5.78. The zero-order chi connectivity index (χ0) is 10.7. The Morgan fingerprint density at radius 2 is 2.20 bits per heavy atom. The summed E-state index contributed by atoms with van der Waals surface area (Å²) in [5, 5.41) is 3.55. The van der Waals surface area contributed by atoms with Crippen LogP contribution in [0.4, 0.5) is 0 Å². The molecule has 82 valence electrons. The third-order valence-electron chi connectivity index (χ3n) is 2.89. The first kappa shape index (κ1) is 10.6. The Bertz CT molecular complexity index is 309. The zero-order valence-electron chi connectivity index (χ0n) is 9.58. The molecule has 2 heterocycles. The van der Waals surface area contributed by atoms with Gasteiger partial charge in [0, 0.05) is 23.9 Å². The Hall–Kier alpha value is -0.960. The minimum Gasteiger partial charge on any atom is -0.314 e. The average Bonchev–Trinajstić information content (AvgIpc) is 2.17. The summed E-state index contributed by atoms with van der Waals surface area (Å²) in [6.07, 6.45) is 4.99. The van der Waals surface area contributed by atoms with Gasteiger partial charge in [0.05, 0.1) is 0 Å². The molecule has 3 nitrogen and oxygen atoms in total. The Balaban J connectivity index is 2.02. The highest BCUT2D eigenvalue weighted by atomic mass is 14.9. The molecule has 1 fully saturated rings. The van der Waals surface area contributed by atoms with Gasteiger partial charge in [-0.15, -0.1) is 0 Å². The lowest BCUT2D eigenvalue weighted by molar-refractivity contribution is 0.396. The van der Waals surface area contributed by atoms with Crippen LogP contribution in [0.25, 0.3) is 0 Å². The van der Waals surface area contributed by atoms with Gasteiger partial charge in [0.1, 0.15) is 5.82 Å². The molecule has 3 heteroatoms. The minimum absolute atomic E-state index is 0.618. The summed E-state index contributed by atoms with van der Waals surface area (Å²) in [5.74, 6) is 0.890. The first-order chi connectivity index (χ1) is 7.24. The van der Waals surface area contributed by atoms with Gasteiger partial charge in [-0.25, -0.2) is 9.97 Å². The van der Waals surface area contributed by atoms with Gasteiger partial charge in [0.25, 0.3) is 0 Å². The predicted octanol–water partition coefficient (Wildman–Crippen LogP) is 1.78. The number of aryl methyl sites for hydroxylation is 2. The molecule has 0 radical (unpaired) electrons. The van der Waals surface area contributed by atoms with Crippen molar-refractivity contribution in [1.82, 2.24) is 15.3 Å². The van der Waals surface area contributed by atoms with Gasteiger partial charge in [0.15, 0.2) is 0 Å². The van der Waals surface area contributed by atoms with Crippen molar-refractivity contribution in [1.29, 1.82) is 0 Å². The summed E-state index contributed by atoms with van der Waals surface area (Å²) in [6, 6.07) is 2.72. The van der Waals surface area contributed by atoms with Crippen LogP contribution in [0, 0.1) is 13.8 Å². The largest absolute Gasteiger partial charge is 0.314 e. The lowest BCUT2D eigenvalue weighted by Gasteiger charge is -2.23. The quantitative estimate of drug-likeness (QED) is 0.799. The monoisotopic (exact) mass is 205 g/mol. The summed E-state index contributed by atoms with van der Waals surface area (Å²) in [5.41, 5.74) is 2.26. The highest BCUT2D eigenvalue weighted by molar-refractivity contribution is 5.11. The molecule has 1 N–H and O–H groups in total. The fourth-order valence-corrected chi connectivity index (χ4v) is 2.25. The number of hydrogen-bond donors (Lipinski definition) is 1. The number of rotatable bonds is 2. The van der Waals surface area contributed by atoms with E-state index in [4.69, 9.17) is 0 Å². The van der Waals surface area contributed by atoms with Gasteiger partial charge in [-0.05, 0) is 39.3 Å². The molecule has 0 amide bonds. The van der Waals surface area contributed by atoms with E-state index in [1.807, 2.05) is 13.8 Å². The lowest BCUT2D eigenvalue weighted by atomic mass is 10.0. The second kappa shape index (κ2) is 4.71. The molecule has 0 spiro atoms. The van der Waals surface area contributed by atoms with E-state index in [0.717, 1.165) is 24.5 Å². The Morgan fingerprint density at radius 3 is 2.87 bits per heavy atom. The molecule has 1 saturated heterocycles. The molecule has 0 aromatic carbocycles. The van der Waals surface area contributed by atoms with Crippen LogP contribution in [0.2, 0.25) is 0 Å². The van der Waals surface area contributed by atoms with Crippen LogP contribution in [-0.2, 0) is 6.42 Å². The van der Waals surface area contributed by atoms with Crippen LogP contribution in [0.15, 0.2) is 6.07 Å². The number of nitrogens with zero attached hydrogens (tertiary/aromatic N) is 2. The van der Waals surface area contributed by atoms with Crippen molar-refractivity contribution >= 4 is 0 Å². The molecule has 1 aromatic rings. The molecule has 1 unspecified atom stereocenters. The molecule has 0 bridgehead atoms. The molecule has 0 saturated carbocycles. The maximum absolute atomic E-state index is 4.48. The Kier molecular flexibility index (Phi) is 3.31. The van der Waals surface area contributed by atoms with Crippen LogP contribution in [-0.4, -0.2) is 22.6 Å². The van der Waals surface area contributed by atoms with Gasteiger partial charge in [-0.2, -0.15) is 0 Å². The second-order valence-corrected chi connectivity index (χ2v) is 4.40. The molecule has 1 atom stereocenters. The lowest BCUT2D eigenvalue weighted by Crippen LogP contribution is -2.35. The van der Waals surface area contributed by atoms with E-state index in [1.165, 1.54) is 25.0 Å². The Labute approximate surface area is 91.3 Å². The minimum atomic E-state index is 0.618. The van der Waals surface area contributed by atoms with Crippen molar-refractivity contribution in [2.45, 2.75) is 45.6 Å². The summed E-state index contributed by atoms with van der Waals surface area (Å²) >= 11 is 0. The van der Waals surface area contributed by atoms with Crippen molar-refractivity contribution in [3.63, 3.8) is 0 Å².